The molecule has 0 amide bonds. The molecular formula is C51H94NO8P. The Morgan fingerprint density at radius 2 is 0.852 bits per heavy atom. The van der Waals surface area contributed by atoms with Crippen LogP contribution in [-0.2, 0) is 32.7 Å². The molecule has 0 fully saturated rings. The van der Waals surface area contributed by atoms with E-state index in [-0.39, 0.29) is 32.6 Å². The maximum absolute atomic E-state index is 12.6. The van der Waals surface area contributed by atoms with E-state index in [0.717, 1.165) is 51.4 Å². The van der Waals surface area contributed by atoms with Crippen LogP contribution in [0.3, 0.4) is 0 Å². The normalized spacial score (nSPS) is 13.6. The molecule has 0 aromatic rings. The number of carbonyl (C=O) groups is 2. The van der Waals surface area contributed by atoms with Crippen LogP contribution in [0.2, 0.25) is 0 Å². The van der Waals surface area contributed by atoms with Crippen molar-refractivity contribution >= 4 is 19.8 Å². The van der Waals surface area contributed by atoms with Crippen LogP contribution in [0.4, 0.5) is 0 Å². The predicted octanol–water partition coefficient (Wildman–Crippen LogP) is 15.1. The second-order valence-electron chi connectivity index (χ2n) is 16.7. The van der Waals surface area contributed by atoms with E-state index in [1.807, 2.05) is 0 Å². The van der Waals surface area contributed by atoms with E-state index in [9.17, 15) is 19.0 Å². The van der Waals surface area contributed by atoms with Gasteiger partial charge < -0.3 is 20.1 Å². The third-order valence-corrected chi connectivity index (χ3v) is 11.7. The van der Waals surface area contributed by atoms with Crippen molar-refractivity contribution in [2.24, 2.45) is 5.73 Å². The van der Waals surface area contributed by atoms with E-state index in [4.69, 9.17) is 24.3 Å². The molecule has 3 N–H and O–H groups in total. The molecule has 0 saturated carbocycles. The monoisotopic (exact) mass is 880 g/mol. The van der Waals surface area contributed by atoms with Crippen molar-refractivity contribution < 1.29 is 37.6 Å². The van der Waals surface area contributed by atoms with Crippen molar-refractivity contribution in [3.8, 4) is 0 Å². The van der Waals surface area contributed by atoms with Crippen LogP contribution in [-0.4, -0.2) is 49.3 Å². The SMILES string of the molecule is CCCCC/C=C\C/C=C\C/C=C\C/C=C\CCCCCC(=O)OC[C@H](COP(=O)(O)OCCN)OC(=O)CCCCCCCCCCCCCCCCCCCCCCC. The van der Waals surface area contributed by atoms with Crippen LogP contribution in [0.1, 0.15) is 232 Å². The minimum Gasteiger partial charge on any atom is -0.462 e. The largest absolute Gasteiger partial charge is 0.472 e. The summed E-state index contributed by atoms with van der Waals surface area (Å²) >= 11 is 0. The molecule has 0 aliphatic heterocycles. The van der Waals surface area contributed by atoms with Crippen LogP contribution < -0.4 is 5.73 Å². The first kappa shape index (κ1) is 59.0. The Balaban J connectivity index is 4.10. The zero-order valence-electron chi connectivity index (χ0n) is 39.4. The summed E-state index contributed by atoms with van der Waals surface area (Å²) in [5, 5.41) is 0. The topological polar surface area (TPSA) is 134 Å². The molecule has 2 atom stereocenters. The molecule has 356 valence electrons. The quantitative estimate of drug-likeness (QED) is 0.0265. The highest BCUT2D eigenvalue weighted by Gasteiger charge is 2.26. The zero-order chi connectivity index (χ0) is 44.6. The lowest BCUT2D eigenvalue weighted by atomic mass is 10.0. The molecule has 0 heterocycles. The van der Waals surface area contributed by atoms with E-state index in [1.54, 1.807) is 0 Å². The summed E-state index contributed by atoms with van der Waals surface area (Å²) in [5.41, 5.74) is 5.36. The highest BCUT2D eigenvalue weighted by Crippen LogP contribution is 2.43. The zero-order valence-corrected chi connectivity index (χ0v) is 40.3. The van der Waals surface area contributed by atoms with Crippen molar-refractivity contribution in [3.63, 3.8) is 0 Å². The summed E-state index contributed by atoms with van der Waals surface area (Å²) in [4.78, 5) is 35.0. The second kappa shape index (κ2) is 47.4. The van der Waals surface area contributed by atoms with E-state index in [0.29, 0.717) is 12.8 Å². The van der Waals surface area contributed by atoms with Gasteiger partial charge in [-0.2, -0.15) is 0 Å². The number of hydrogen-bond acceptors (Lipinski definition) is 8. The van der Waals surface area contributed by atoms with Gasteiger partial charge in [0.05, 0.1) is 13.2 Å². The summed E-state index contributed by atoms with van der Waals surface area (Å²) in [6, 6.07) is 0. The summed E-state index contributed by atoms with van der Waals surface area (Å²) in [6.07, 6.45) is 55.8. The molecule has 1 unspecified atom stereocenters. The number of allylic oxidation sites excluding steroid dienone is 8. The molecule has 0 aliphatic carbocycles. The van der Waals surface area contributed by atoms with Gasteiger partial charge in [-0.3, -0.25) is 18.6 Å². The Labute approximate surface area is 375 Å². The van der Waals surface area contributed by atoms with Crippen LogP contribution in [0.5, 0.6) is 0 Å². The summed E-state index contributed by atoms with van der Waals surface area (Å²) in [5.74, 6) is -0.857. The van der Waals surface area contributed by atoms with Gasteiger partial charge in [0.15, 0.2) is 6.10 Å². The number of phosphoric acid groups is 1. The number of phosphoric ester groups is 1. The van der Waals surface area contributed by atoms with Crippen molar-refractivity contribution in [2.75, 3.05) is 26.4 Å². The maximum Gasteiger partial charge on any atom is 0.472 e. The van der Waals surface area contributed by atoms with Gasteiger partial charge in [-0.15, -0.1) is 0 Å². The van der Waals surface area contributed by atoms with E-state index >= 15 is 0 Å². The van der Waals surface area contributed by atoms with E-state index in [1.165, 1.54) is 141 Å². The minimum absolute atomic E-state index is 0.0486. The molecule has 0 spiro atoms. The molecule has 0 rings (SSSR count). The average Bonchev–Trinajstić information content (AvgIpc) is 3.25. The molecule has 0 aromatic heterocycles. The third kappa shape index (κ3) is 47.3. The van der Waals surface area contributed by atoms with Crippen molar-refractivity contribution in [3.05, 3.63) is 48.6 Å². The Morgan fingerprint density at radius 3 is 1.30 bits per heavy atom. The van der Waals surface area contributed by atoms with Gasteiger partial charge in [-0.1, -0.05) is 210 Å². The van der Waals surface area contributed by atoms with Gasteiger partial charge >= 0.3 is 19.8 Å². The lowest BCUT2D eigenvalue weighted by Crippen LogP contribution is -2.29. The van der Waals surface area contributed by atoms with Gasteiger partial charge in [0.25, 0.3) is 0 Å². The van der Waals surface area contributed by atoms with Crippen LogP contribution in [0.15, 0.2) is 48.6 Å². The average molecular weight is 880 g/mol. The fourth-order valence-corrected chi connectivity index (χ4v) is 7.74. The molecule has 0 radical (unpaired) electrons. The molecule has 0 bridgehead atoms. The molecule has 0 aromatic carbocycles. The van der Waals surface area contributed by atoms with Crippen LogP contribution in [0, 0.1) is 0 Å². The number of ether oxygens (including phenoxy) is 2. The minimum atomic E-state index is -4.39. The highest BCUT2D eigenvalue weighted by atomic mass is 31.2. The molecular weight excluding hydrogens is 786 g/mol. The Hall–Kier alpha value is -2.03. The summed E-state index contributed by atoms with van der Waals surface area (Å²) in [6.45, 7) is 3.70. The number of nitrogens with two attached hydrogens (primary N) is 1. The lowest BCUT2D eigenvalue weighted by molar-refractivity contribution is -0.161. The molecule has 10 heteroatoms. The predicted molar refractivity (Wildman–Crippen MR) is 257 cm³/mol. The number of unbranched alkanes of at least 4 members (excludes halogenated alkanes) is 26. The molecule has 0 saturated heterocycles. The van der Waals surface area contributed by atoms with Gasteiger partial charge in [-0.05, 0) is 57.8 Å². The van der Waals surface area contributed by atoms with E-state index < -0.39 is 32.5 Å². The smallest absolute Gasteiger partial charge is 0.462 e. The first-order valence-corrected chi connectivity index (χ1v) is 26.6. The molecule has 61 heavy (non-hydrogen) atoms. The van der Waals surface area contributed by atoms with Gasteiger partial charge in [0.2, 0.25) is 0 Å². The van der Waals surface area contributed by atoms with Gasteiger partial charge in [0.1, 0.15) is 6.61 Å². The molecule has 9 nitrogen and oxygen atoms in total. The number of esters is 2. The Bertz CT molecular complexity index is 1140. The number of rotatable bonds is 47. The highest BCUT2D eigenvalue weighted by molar-refractivity contribution is 7.47. The standard InChI is InChI=1S/C51H94NO8P/c1-3-5-7-9-11-13-15-17-19-21-23-24-26-28-30-32-34-36-38-40-42-44-51(54)60-49(48-59-61(55,56)58-46-45-52)47-57-50(53)43-41-39-37-35-33-31-29-27-25-22-20-18-16-14-12-10-8-6-4-2/h12,14,18,20,25,27,31,33,49H,3-11,13,15-17,19,21-24,26,28-30,32,34-48,52H2,1-2H3,(H,55,56)/b14-12-,20-18-,27-25-,33-31-/t49-/m1/s1. The van der Waals surface area contributed by atoms with Crippen molar-refractivity contribution in [1.29, 1.82) is 0 Å². The molecule has 0 aliphatic rings. The second-order valence-corrected chi connectivity index (χ2v) is 18.1. The maximum atomic E-state index is 12.6. The lowest BCUT2D eigenvalue weighted by Gasteiger charge is -2.19. The summed E-state index contributed by atoms with van der Waals surface area (Å²) < 4.78 is 32.9. The fraction of sp³-hybridized carbons (Fsp3) is 0.804. The van der Waals surface area contributed by atoms with Crippen LogP contribution in [0.25, 0.3) is 0 Å². The van der Waals surface area contributed by atoms with Crippen molar-refractivity contribution in [2.45, 2.75) is 238 Å². The summed E-state index contributed by atoms with van der Waals surface area (Å²) in [7, 11) is -4.39. The number of hydrogen-bond donors (Lipinski definition) is 2. The van der Waals surface area contributed by atoms with Crippen LogP contribution >= 0.6 is 7.82 Å². The Kier molecular flexibility index (Phi) is 45.9. The van der Waals surface area contributed by atoms with Crippen molar-refractivity contribution in [1.82, 2.24) is 0 Å². The Morgan fingerprint density at radius 1 is 0.492 bits per heavy atom. The first-order valence-electron chi connectivity index (χ1n) is 25.1. The fourth-order valence-electron chi connectivity index (χ4n) is 6.97. The first-order chi connectivity index (χ1) is 29.8. The third-order valence-electron chi connectivity index (χ3n) is 10.7. The van der Waals surface area contributed by atoms with E-state index in [2.05, 4.69) is 62.5 Å². The van der Waals surface area contributed by atoms with Gasteiger partial charge in [-0.25, -0.2) is 4.57 Å². The van der Waals surface area contributed by atoms with Gasteiger partial charge in [0, 0.05) is 19.4 Å². The number of carbonyl (C=O) groups excluding carboxylic acids is 2.